The molecule has 7 heteroatoms. The van der Waals surface area contributed by atoms with E-state index >= 15 is 0 Å². The van der Waals surface area contributed by atoms with Crippen molar-refractivity contribution in [1.82, 2.24) is 10.2 Å². The van der Waals surface area contributed by atoms with Gasteiger partial charge in [0, 0.05) is 6.42 Å². The van der Waals surface area contributed by atoms with Gasteiger partial charge < -0.3 is 0 Å². The van der Waals surface area contributed by atoms with E-state index in [4.69, 9.17) is 0 Å². The maximum atomic E-state index is 13.4. The Kier molecular flexibility index (Phi) is 4.39. The summed E-state index contributed by atoms with van der Waals surface area (Å²) in [6, 6.07) is 3.26. The van der Waals surface area contributed by atoms with Crippen LogP contribution in [0.2, 0.25) is 0 Å². The van der Waals surface area contributed by atoms with Crippen LogP contribution in [0.25, 0.3) is 0 Å². The van der Waals surface area contributed by atoms with E-state index in [-0.39, 0.29) is 5.13 Å². The summed E-state index contributed by atoms with van der Waals surface area (Å²) in [4.78, 5) is 11.8. The molecule has 1 amide bonds. The quantitative estimate of drug-likeness (QED) is 0.942. The van der Waals surface area contributed by atoms with Gasteiger partial charge in [0.1, 0.15) is 22.2 Å². The van der Waals surface area contributed by atoms with Crippen molar-refractivity contribution in [2.24, 2.45) is 5.92 Å². The number of nitrogens with zero attached hydrogens (tertiary/aromatic N) is 2. The molecule has 1 aromatic heterocycles. The molecule has 0 aliphatic heterocycles. The number of aromatic nitrogens is 2. The van der Waals surface area contributed by atoms with Gasteiger partial charge in [0.25, 0.3) is 5.91 Å². The Morgan fingerprint density at radius 2 is 1.95 bits per heavy atom. The van der Waals surface area contributed by atoms with Gasteiger partial charge in [-0.2, -0.15) is 0 Å². The van der Waals surface area contributed by atoms with Crippen LogP contribution in [-0.4, -0.2) is 16.1 Å². The van der Waals surface area contributed by atoms with Crippen LogP contribution in [0.4, 0.5) is 13.9 Å². The number of rotatable bonds is 4. The fourth-order valence-electron chi connectivity index (χ4n) is 1.61. The number of benzene rings is 1. The van der Waals surface area contributed by atoms with Gasteiger partial charge in [-0.1, -0.05) is 31.3 Å². The molecule has 2 rings (SSSR count). The second kappa shape index (κ2) is 6.04. The number of carbonyl (C=O) groups excluding carboxylic acids is 1. The molecule has 20 heavy (non-hydrogen) atoms. The molecular formula is C13H13F2N3OS. The zero-order valence-corrected chi connectivity index (χ0v) is 11.8. The minimum atomic E-state index is -0.908. The third kappa shape index (κ3) is 3.36. The predicted octanol–water partition coefficient (Wildman–Crippen LogP) is 3.27. The summed E-state index contributed by atoms with van der Waals surface area (Å²) in [6.45, 7) is 4.07. The lowest BCUT2D eigenvalue weighted by atomic mass is 10.1. The lowest BCUT2D eigenvalue weighted by Gasteiger charge is -2.03. The minimum Gasteiger partial charge on any atom is -0.296 e. The van der Waals surface area contributed by atoms with Gasteiger partial charge in [-0.05, 0) is 18.1 Å². The van der Waals surface area contributed by atoms with Crippen molar-refractivity contribution in [3.63, 3.8) is 0 Å². The maximum absolute atomic E-state index is 13.4. The molecule has 0 spiro atoms. The molecule has 0 aliphatic rings. The third-order valence-corrected chi connectivity index (χ3v) is 3.32. The molecule has 0 fully saturated rings. The van der Waals surface area contributed by atoms with Crippen LogP contribution >= 0.6 is 11.3 Å². The number of halogens is 2. The van der Waals surface area contributed by atoms with Crippen molar-refractivity contribution in [2.45, 2.75) is 20.3 Å². The van der Waals surface area contributed by atoms with Gasteiger partial charge in [-0.25, -0.2) is 8.78 Å². The molecule has 0 atom stereocenters. The lowest BCUT2D eigenvalue weighted by molar-refractivity contribution is 0.101. The summed E-state index contributed by atoms with van der Waals surface area (Å²) in [5, 5.41) is 11.1. The first-order valence-electron chi connectivity index (χ1n) is 6.05. The molecule has 0 bridgehead atoms. The van der Waals surface area contributed by atoms with Crippen molar-refractivity contribution >= 4 is 22.4 Å². The molecule has 1 N–H and O–H groups in total. The van der Waals surface area contributed by atoms with E-state index < -0.39 is 23.1 Å². The Morgan fingerprint density at radius 3 is 2.55 bits per heavy atom. The Balaban J connectivity index is 2.14. The summed E-state index contributed by atoms with van der Waals surface area (Å²) < 4.78 is 26.9. The van der Waals surface area contributed by atoms with Crippen LogP contribution in [0.5, 0.6) is 0 Å². The standard InChI is InChI=1S/C13H13F2N3OS/c1-7(2)6-10-17-18-13(20-10)16-12(19)11-8(14)4-3-5-9(11)15/h3-5,7H,6H2,1-2H3,(H,16,18,19). The van der Waals surface area contributed by atoms with Crippen molar-refractivity contribution < 1.29 is 13.6 Å². The van der Waals surface area contributed by atoms with Crippen LogP contribution in [0.15, 0.2) is 18.2 Å². The molecule has 0 saturated heterocycles. The number of carbonyl (C=O) groups is 1. The van der Waals surface area contributed by atoms with E-state index in [1.807, 2.05) is 13.8 Å². The van der Waals surface area contributed by atoms with Crippen LogP contribution in [0, 0.1) is 17.6 Å². The van der Waals surface area contributed by atoms with E-state index in [1.54, 1.807) is 0 Å². The zero-order valence-electron chi connectivity index (χ0n) is 11.0. The Bertz CT molecular complexity index is 608. The molecule has 0 aliphatic carbocycles. The smallest absolute Gasteiger partial charge is 0.263 e. The average Bonchev–Trinajstić information content (AvgIpc) is 2.75. The second-order valence-electron chi connectivity index (χ2n) is 4.65. The first-order chi connectivity index (χ1) is 9.47. The van der Waals surface area contributed by atoms with Crippen LogP contribution in [0.3, 0.4) is 0 Å². The summed E-state index contributed by atoms with van der Waals surface area (Å²) in [6.07, 6.45) is 0.738. The van der Waals surface area contributed by atoms with E-state index in [2.05, 4.69) is 15.5 Å². The fraction of sp³-hybridized carbons (Fsp3) is 0.308. The summed E-state index contributed by atoms with van der Waals surface area (Å²) in [7, 11) is 0. The van der Waals surface area contributed by atoms with Gasteiger partial charge in [0.15, 0.2) is 0 Å². The molecule has 1 heterocycles. The highest BCUT2D eigenvalue weighted by Gasteiger charge is 2.18. The molecule has 0 saturated carbocycles. The zero-order chi connectivity index (χ0) is 14.7. The van der Waals surface area contributed by atoms with Crippen LogP contribution < -0.4 is 5.32 Å². The summed E-state index contributed by atoms with van der Waals surface area (Å²) in [5.41, 5.74) is -0.617. The SMILES string of the molecule is CC(C)Cc1nnc(NC(=O)c2c(F)cccc2F)s1. The highest BCUT2D eigenvalue weighted by Crippen LogP contribution is 2.20. The number of nitrogens with one attached hydrogen (secondary N) is 1. The van der Waals surface area contributed by atoms with Gasteiger partial charge in [0.05, 0.1) is 0 Å². The average molecular weight is 297 g/mol. The van der Waals surface area contributed by atoms with Crippen molar-refractivity contribution in [1.29, 1.82) is 0 Å². The number of hydrogen-bond donors (Lipinski definition) is 1. The van der Waals surface area contributed by atoms with Gasteiger partial charge >= 0.3 is 0 Å². The first-order valence-corrected chi connectivity index (χ1v) is 6.86. The predicted molar refractivity (Wildman–Crippen MR) is 72.8 cm³/mol. The number of anilines is 1. The molecule has 106 valence electrons. The summed E-state index contributed by atoms with van der Waals surface area (Å²) >= 11 is 1.20. The second-order valence-corrected chi connectivity index (χ2v) is 5.71. The molecule has 2 aromatic rings. The minimum absolute atomic E-state index is 0.230. The van der Waals surface area contributed by atoms with Crippen LogP contribution in [-0.2, 0) is 6.42 Å². The highest BCUT2D eigenvalue weighted by atomic mass is 32.1. The molecule has 0 radical (unpaired) electrons. The topological polar surface area (TPSA) is 54.9 Å². The molecule has 0 unspecified atom stereocenters. The Morgan fingerprint density at radius 1 is 1.30 bits per heavy atom. The van der Waals surface area contributed by atoms with E-state index in [0.29, 0.717) is 5.92 Å². The van der Waals surface area contributed by atoms with Gasteiger partial charge in [-0.3, -0.25) is 10.1 Å². The molecular weight excluding hydrogens is 284 g/mol. The normalized spacial score (nSPS) is 10.8. The van der Waals surface area contributed by atoms with Crippen molar-refractivity contribution in [3.8, 4) is 0 Å². The maximum Gasteiger partial charge on any atom is 0.263 e. The van der Waals surface area contributed by atoms with Gasteiger partial charge in [0.2, 0.25) is 5.13 Å². The largest absolute Gasteiger partial charge is 0.296 e. The lowest BCUT2D eigenvalue weighted by Crippen LogP contribution is -2.15. The highest BCUT2D eigenvalue weighted by molar-refractivity contribution is 7.15. The van der Waals surface area contributed by atoms with E-state index in [0.717, 1.165) is 23.6 Å². The van der Waals surface area contributed by atoms with E-state index in [9.17, 15) is 13.6 Å². The fourth-order valence-corrected chi connectivity index (χ4v) is 2.56. The van der Waals surface area contributed by atoms with Crippen molar-refractivity contribution in [2.75, 3.05) is 5.32 Å². The Hall–Kier alpha value is -1.89. The van der Waals surface area contributed by atoms with Crippen LogP contribution in [0.1, 0.15) is 29.2 Å². The van der Waals surface area contributed by atoms with Gasteiger partial charge in [-0.15, -0.1) is 10.2 Å². The summed E-state index contributed by atoms with van der Waals surface area (Å²) in [5.74, 6) is -2.27. The van der Waals surface area contributed by atoms with E-state index in [1.165, 1.54) is 17.4 Å². The third-order valence-electron chi connectivity index (χ3n) is 2.46. The first kappa shape index (κ1) is 14.5. The van der Waals surface area contributed by atoms with Crippen molar-refractivity contribution in [3.05, 3.63) is 40.4 Å². The number of hydrogen-bond acceptors (Lipinski definition) is 4. The monoisotopic (exact) mass is 297 g/mol. The molecule has 1 aromatic carbocycles. The Labute approximate surface area is 118 Å². The number of amides is 1. The molecule has 4 nitrogen and oxygen atoms in total.